The van der Waals surface area contributed by atoms with Crippen molar-refractivity contribution in [3.8, 4) is 0 Å². The summed E-state index contributed by atoms with van der Waals surface area (Å²) in [4.78, 5) is 0. The van der Waals surface area contributed by atoms with E-state index in [0.29, 0.717) is 0 Å². The minimum absolute atomic E-state index is 0.833. The Balaban J connectivity index is 2.09. The third kappa shape index (κ3) is 1.54. The van der Waals surface area contributed by atoms with Crippen LogP contribution >= 0.6 is 0 Å². The summed E-state index contributed by atoms with van der Waals surface area (Å²) < 4.78 is 2.34. The Kier molecular flexibility index (Phi) is 2.26. The van der Waals surface area contributed by atoms with Gasteiger partial charge in [-0.2, -0.15) is 0 Å². The molecule has 0 fully saturated rings. The molecule has 1 aromatic heterocycles. The van der Waals surface area contributed by atoms with Crippen LogP contribution in [0.4, 0.5) is 0 Å². The maximum absolute atomic E-state index is 2.44. The molecule has 0 N–H and O–H groups in total. The van der Waals surface area contributed by atoms with Crippen LogP contribution in [-0.2, 0) is 19.9 Å². The number of nitrogens with zero attached hydrogens (tertiary/aromatic N) is 1. The fourth-order valence-corrected chi connectivity index (χ4v) is 3.60. The highest BCUT2D eigenvalue weighted by Gasteiger charge is 2.18. The Morgan fingerprint density at radius 3 is 2.74 bits per heavy atom. The molecule has 1 atom stereocenters. The summed E-state index contributed by atoms with van der Waals surface area (Å²) in [5.74, 6) is 0.833. The van der Waals surface area contributed by atoms with E-state index in [1.807, 2.05) is 0 Å². The van der Waals surface area contributed by atoms with Crippen molar-refractivity contribution in [2.75, 3.05) is 0 Å². The first-order chi connectivity index (χ1) is 9.24. The lowest BCUT2D eigenvalue weighted by Gasteiger charge is -2.21. The van der Waals surface area contributed by atoms with E-state index in [4.69, 9.17) is 0 Å². The fraction of sp³-hybridized carbons (Fsp3) is 0.333. The molecule has 1 heterocycles. The van der Waals surface area contributed by atoms with Gasteiger partial charge in [0.1, 0.15) is 0 Å². The van der Waals surface area contributed by atoms with E-state index in [1.165, 1.54) is 41.1 Å². The van der Waals surface area contributed by atoms with Crippen molar-refractivity contribution in [1.82, 2.24) is 4.57 Å². The first-order valence-electron chi connectivity index (χ1n) is 7.23. The van der Waals surface area contributed by atoms with E-state index >= 15 is 0 Å². The molecule has 1 nitrogen and oxygen atoms in total. The van der Waals surface area contributed by atoms with Crippen LogP contribution in [0.2, 0.25) is 0 Å². The molecule has 19 heavy (non-hydrogen) atoms. The zero-order valence-electron chi connectivity index (χ0n) is 11.6. The first kappa shape index (κ1) is 11.1. The van der Waals surface area contributed by atoms with Crippen LogP contribution in [0.1, 0.15) is 24.5 Å². The molecule has 1 aliphatic rings. The Bertz CT molecular complexity index is 779. The van der Waals surface area contributed by atoms with E-state index in [0.717, 1.165) is 5.92 Å². The number of hydrogen-bond acceptors (Lipinski definition) is 0. The number of fused-ring (bicyclic) bond motifs is 4. The van der Waals surface area contributed by atoms with E-state index in [1.54, 1.807) is 11.1 Å². The summed E-state index contributed by atoms with van der Waals surface area (Å²) in [5, 5.41) is 2.81. The van der Waals surface area contributed by atoms with Crippen LogP contribution in [-0.4, -0.2) is 4.57 Å². The molecule has 1 unspecified atom stereocenters. The molecule has 0 saturated heterocycles. The zero-order chi connectivity index (χ0) is 13.0. The summed E-state index contributed by atoms with van der Waals surface area (Å²) >= 11 is 0. The molecule has 0 bridgehead atoms. The second-order valence-electron chi connectivity index (χ2n) is 6.06. The first-order valence-corrected chi connectivity index (χ1v) is 7.23. The lowest BCUT2D eigenvalue weighted by Crippen LogP contribution is -2.11. The van der Waals surface area contributed by atoms with Crippen LogP contribution in [0, 0.1) is 5.92 Å². The number of hydrogen-bond donors (Lipinski definition) is 0. The minimum atomic E-state index is 0.833. The molecule has 2 aromatic carbocycles. The number of para-hydroxylation sites is 1. The molecule has 1 aliphatic carbocycles. The summed E-state index contributed by atoms with van der Waals surface area (Å²) in [5.41, 5.74) is 5.86. The van der Waals surface area contributed by atoms with Gasteiger partial charge < -0.3 is 4.57 Å². The predicted molar refractivity (Wildman–Crippen MR) is 81.6 cm³/mol. The Hall–Kier alpha value is -1.76. The molecule has 3 aromatic rings. The zero-order valence-corrected chi connectivity index (χ0v) is 11.6. The molecular weight excluding hydrogens is 230 g/mol. The standard InChI is InChI=1S/C18H19N/c1-12-7-8-13-10-16-15-5-3-4-6-17(15)19(2)18(16)11-14(13)9-12/h3-6,10-12H,7-9H2,1-2H3. The quantitative estimate of drug-likeness (QED) is 0.554. The summed E-state index contributed by atoms with van der Waals surface area (Å²) in [6, 6.07) is 13.6. The third-order valence-corrected chi connectivity index (χ3v) is 4.71. The molecular formula is C18H19N. The Labute approximate surface area is 113 Å². The van der Waals surface area contributed by atoms with Crippen molar-refractivity contribution >= 4 is 21.8 Å². The average Bonchev–Trinajstić information content (AvgIpc) is 2.70. The average molecular weight is 249 g/mol. The molecule has 0 aliphatic heterocycles. The van der Waals surface area contributed by atoms with Crippen molar-refractivity contribution in [2.24, 2.45) is 13.0 Å². The van der Waals surface area contributed by atoms with Crippen LogP contribution < -0.4 is 0 Å². The highest BCUT2D eigenvalue weighted by molar-refractivity contribution is 6.08. The summed E-state index contributed by atoms with van der Waals surface area (Å²) in [6.45, 7) is 2.37. The van der Waals surface area contributed by atoms with E-state index in [2.05, 4.69) is 54.9 Å². The van der Waals surface area contributed by atoms with Gasteiger partial charge in [0.05, 0.1) is 0 Å². The molecule has 0 radical (unpaired) electrons. The van der Waals surface area contributed by atoms with E-state index < -0.39 is 0 Å². The third-order valence-electron chi connectivity index (χ3n) is 4.71. The normalized spacial score (nSPS) is 18.9. The Morgan fingerprint density at radius 2 is 1.84 bits per heavy atom. The van der Waals surface area contributed by atoms with Crippen molar-refractivity contribution in [3.63, 3.8) is 0 Å². The van der Waals surface area contributed by atoms with Crippen molar-refractivity contribution < 1.29 is 0 Å². The number of rotatable bonds is 0. The van der Waals surface area contributed by atoms with Gasteiger partial charge in [-0.05, 0) is 54.5 Å². The molecule has 0 saturated carbocycles. The van der Waals surface area contributed by atoms with Gasteiger partial charge in [0, 0.05) is 28.9 Å². The van der Waals surface area contributed by atoms with Gasteiger partial charge in [0.2, 0.25) is 0 Å². The van der Waals surface area contributed by atoms with Crippen LogP contribution in [0.15, 0.2) is 36.4 Å². The lowest BCUT2D eigenvalue weighted by molar-refractivity contribution is 0.502. The topological polar surface area (TPSA) is 4.93 Å². The van der Waals surface area contributed by atoms with Crippen LogP contribution in [0.3, 0.4) is 0 Å². The lowest BCUT2D eigenvalue weighted by atomic mass is 9.84. The van der Waals surface area contributed by atoms with Crippen LogP contribution in [0.25, 0.3) is 21.8 Å². The molecule has 4 rings (SSSR count). The number of aryl methyl sites for hydroxylation is 2. The van der Waals surface area contributed by atoms with Gasteiger partial charge in [0.15, 0.2) is 0 Å². The van der Waals surface area contributed by atoms with E-state index in [-0.39, 0.29) is 0 Å². The monoisotopic (exact) mass is 249 g/mol. The molecule has 96 valence electrons. The summed E-state index contributed by atoms with van der Waals surface area (Å²) in [6.07, 6.45) is 3.83. The number of aromatic nitrogens is 1. The van der Waals surface area contributed by atoms with Crippen molar-refractivity contribution in [1.29, 1.82) is 0 Å². The highest BCUT2D eigenvalue weighted by Crippen LogP contribution is 2.34. The smallest absolute Gasteiger partial charge is 0.0491 e. The van der Waals surface area contributed by atoms with Crippen LogP contribution in [0.5, 0.6) is 0 Å². The Morgan fingerprint density at radius 1 is 1.00 bits per heavy atom. The largest absolute Gasteiger partial charge is 0.344 e. The van der Waals surface area contributed by atoms with E-state index in [9.17, 15) is 0 Å². The van der Waals surface area contributed by atoms with Gasteiger partial charge in [-0.1, -0.05) is 25.1 Å². The maximum Gasteiger partial charge on any atom is 0.0491 e. The SMILES string of the molecule is CC1CCc2cc3c4ccccc4n(C)c3cc2C1. The maximum atomic E-state index is 2.44. The molecule has 0 amide bonds. The summed E-state index contributed by atoms with van der Waals surface area (Å²) in [7, 11) is 2.18. The van der Waals surface area contributed by atoms with Crippen molar-refractivity contribution in [3.05, 3.63) is 47.5 Å². The molecule has 1 heteroatoms. The number of benzene rings is 2. The van der Waals surface area contributed by atoms with Gasteiger partial charge in [0.25, 0.3) is 0 Å². The fourth-order valence-electron chi connectivity index (χ4n) is 3.60. The minimum Gasteiger partial charge on any atom is -0.344 e. The predicted octanol–water partition coefficient (Wildman–Crippen LogP) is 4.46. The molecule has 0 spiro atoms. The van der Waals surface area contributed by atoms with Crippen molar-refractivity contribution in [2.45, 2.75) is 26.2 Å². The van der Waals surface area contributed by atoms with Gasteiger partial charge >= 0.3 is 0 Å². The second kappa shape index (κ2) is 3.86. The highest BCUT2D eigenvalue weighted by atomic mass is 14.9. The van der Waals surface area contributed by atoms with Gasteiger partial charge in [-0.15, -0.1) is 0 Å². The van der Waals surface area contributed by atoms with Gasteiger partial charge in [-0.25, -0.2) is 0 Å². The van der Waals surface area contributed by atoms with Gasteiger partial charge in [-0.3, -0.25) is 0 Å². The second-order valence-corrected chi connectivity index (χ2v) is 6.06.